The maximum atomic E-state index is 2.32. The zero-order chi connectivity index (χ0) is 17.0. The summed E-state index contributed by atoms with van der Waals surface area (Å²) >= 11 is 0. The Labute approximate surface area is 163 Å². The van der Waals surface area contributed by atoms with E-state index < -0.39 is 7.92 Å². The molecule has 0 atom stereocenters. The van der Waals surface area contributed by atoms with Gasteiger partial charge in [-0.2, -0.15) is 0 Å². The summed E-state index contributed by atoms with van der Waals surface area (Å²) in [5.74, 6) is 0. The van der Waals surface area contributed by atoms with Crippen molar-refractivity contribution in [2.24, 2.45) is 0 Å². The van der Waals surface area contributed by atoms with Crippen molar-refractivity contribution in [2.75, 3.05) is 21.1 Å². The molecule has 0 spiro atoms. The highest BCUT2D eigenvalue weighted by Crippen LogP contribution is 2.34. The SMILES string of the molecule is C[N+](C)(C)Cc1ccccc1P(c1ccccc1)c1ccccc1.[Br-]. The average molecular weight is 414 g/mol. The first-order valence-corrected chi connectivity index (χ1v) is 9.67. The van der Waals surface area contributed by atoms with E-state index in [9.17, 15) is 0 Å². The van der Waals surface area contributed by atoms with Gasteiger partial charge >= 0.3 is 0 Å². The second-order valence-corrected chi connectivity index (χ2v) is 9.27. The fraction of sp³-hybridized carbons (Fsp3) is 0.182. The van der Waals surface area contributed by atoms with Crippen molar-refractivity contribution in [1.29, 1.82) is 0 Å². The molecule has 3 rings (SSSR count). The standard InChI is InChI=1S/C22H25NP.BrH/c1-23(2,3)18-19-12-10-11-17-22(19)24(20-13-6-4-7-14-20)21-15-8-5-9-16-21;/h4-17H,18H2,1-3H3;1H/q+1;/p-1. The molecule has 25 heavy (non-hydrogen) atoms. The van der Waals surface area contributed by atoms with E-state index in [1.54, 1.807) is 0 Å². The molecule has 3 aromatic rings. The Balaban J connectivity index is 0.00000225. The fourth-order valence-electron chi connectivity index (χ4n) is 2.96. The predicted octanol–water partition coefficient (Wildman–Crippen LogP) is 0.655. The van der Waals surface area contributed by atoms with Crippen LogP contribution in [0.1, 0.15) is 5.56 Å². The van der Waals surface area contributed by atoms with E-state index in [2.05, 4.69) is 106 Å². The van der Waals surface area contributed by atoms with Crippen LogP contribution in [0.2, 0.25) is 0 Å². The molecule has 0 aromatic heterocycles. The third-order valence-electron chi connectivity index (χ3n) is 3.91. The molecule has 130 valence electrons. The maximum absolute atomic E-state index is 2.32. The Morgan fingerprint density at radius 3 is 1.56 bits per heavy atom. The fourth-order valence-corrected chi connectivity index (χ4v) is 5.42. The number of hydrogen-bond donors (Lipinski definition) is 0. The zero-order valence-electron chi connectivity index (χ0n) is 15.1. The van der Waals surface area contributed by atoms with Gasteiger partial charge in [-0.25, -0.2) is 0 Å². The highest BCUT2D eigenvalue weighted by Gasteiger charge is 2.21. The number of benzene rings is 3. The molecular formula is C22H25BrNP. The Kier molecular flexibility index (Phi) is 6.95. The minimum atomic E-state index is -0.530. The lowest BCUT2D eigenvalue weighted by Crippen LogP contribution is -3.00. The summed E-state index contributed by atoms with van der Waals surface area (Å²) < 4.78 is 0.934. The lowest BCUT2D eigenvalue weighted by atomic mass is 10.2. The van der Waals surface area contributed by atoms with E-state index in [0.717, 1.165) is 11.0 Å². The summed E-state index contributed by atoms with van der Waals surface area (Å²) in [5, 5.41) is 4.29. The van der Waals surface area contributed by atoms with Crippen molar-refractivity contribution >= 4 is 23.8 Å². The van der Waals surface area contributed by atoms with Crippen LogP contribution >= 0.6 is 7.92 Å². The first kappa shape index (κ1) is 19.8. The summed E-state index contributed by atoms with van der Waals surface area (Å²) in [4.78, 5) is 0. The highest BCUT2D eigenvalue weighted by atomic mass is 79.9. The summed E-state index contributed by atoms with van der Waals surface area (Å²) in [6.07, 6.45) is 0. The van der Waals surface area contributed by atoms with Crippen molar-refractivity contribution in [3.05, 3.63) is 90.5 Å². The van der Waals surface area contributed by atoms with Gasteiger partial charge in [0.2, 0.25) is 0 Å². The zero-order valence-corrected chi connectivity index (χ0v) is 17.5. The van der Waals surface area contributed by atoms with E-state index in [-0.39, 0.29) is 17.0 Å². The molecule has 0 N–H and O–H groups in total. The van der Waals surface area contributed by atoms with Gasteiger partial charge in [-0.05, 0) is 23.8 Å². The summed E-state index contributed by atoms with van der Waals surface area (Å²) in [7, 11) is 6.23. The molecular weight excluding hydrogens is 389 g/mol. The van der Waals surface area contributed by atoms with Gasteiger partial charge in [0.25, 0.3) is 0 Å². The van der Waals surface area contributed by atoms with Crippen LogP contribution in [0, 0.1) is 0 Å². The van der Waals surface area contributed by atoms with Crippen LogP contribution in [-0.4, -0.2) is 25.6 Å². The molecule has 0 amide bonds. The molecule has 0 bridgehead atoms. The topological polar surface area (TPSA) is 0 Å². The molecule has 3 aromatic carbocycles. The number of rotatable bonds is 5. The van der Waals surface area contributed by atoms with E-state index in [1.807, 2.05) is 0 Å². The van der Waals surface area contributed by atoms with Crippen molar-refractivity contribution in [3.8, 4) is 0 Å². The third kappa shape index (κ3) is 5.25. The second-order valence-electron chi connectivity index (χ2n) is 7.08. The molecule has 3 heteroatoms. The molecule has 0 heterocycles. The third-order valence-corrected chi connectivity index (χ3v) is 6.45. The van der Waals surface area contributed by atoms with Gasteiger partial charge in [-0.1, -0.05) is 84.9 Å². The lowest BCUT2D eigenvalue weighted by Gasteiger charge is -2.28. The average Bonchev–Trinajstić information content (AvgIpc) is 2.57. The minimum Gasteiger partial charge on any atom is -1.00 e. The Morgan fingerprint density at radius 2 is 1.08 bits per heavy atom. The summed E-state index contributed by atoms with van der Waals surface area (Å²) in [6.45, 7) is 1.04. The van der Waals surface area contributed by atoms with Gasteiger partial charge in [0.1, 0.15) is 6.54 Å². The van der Waals surface area contributed by atoms with Crippen LogP contribution in [0.3, 0.4) is 0 Å². The van der Waals surface area contributed by atoms with Gasteiger partial charge in [-0.15, -0.1) is 0 Å². The van der Waals surface area contributed by atoms with Gasteiger partial charge < -0.3 is 21.5 Å². The molecule has 0 unspecified atom stereocenters. The van der Waals surface area contributed by atoms with E-state index in [0.29, 0.717) is 0 Å². The van der Waals surface area contributed by atoms with E-state index in [4.69, 9.17) is 0 Å². The number of quaternary nitrogens is 1. The monoisotopic (exact) mass is 413 g/mol. The summed E-state index contributed by atoms with van der Waals surface area (Å²) in [6, 6.07) is 30.8. The number of halogens is 1. The van der Waals surface area contributed by atoms with Crippen LogP contribution in [0.25, 0.3) is 0 Å². The molecule has 0 fully saturated rings. The summed E-state index contributed by atoms with van der Waals surface area (Å²) in [5.41, 5.74) is 1.45. The van der Waals surface area contributed by atoms with Crippen LogP contribution in [0.5, 0.6) is 0 Å². The normalized spacial score (nSPS) is 11.2. The first-order chi connectivity index (χ1) is 11.5. The van der Waals surface area contributed by atoms with Crippen molar-refractivity contribution < 1.29 is 21.5 Å². The number of hydrogen-bond acceptors (Lipinski definition) is 0. The van der Waals surface area contributed by atoms with Crippen LogP contribution in [-0.2, 0) is 6.54 Å². The number of nitrogens with zero attached hydrogens (tertiary/aromatic N) is 1. The lowest BCUT2D eigenvalue weighted by molar-refractivity contribution is -0.883. The Hall–Kier alpha value is -1.47. The molecule has 0 aliphatic rings. The largest absolute Gasteiger partial charge is 1.00 e. The molecule has 0 saturated carbocycles. The quantitative estimate of drug-likeness (QED) is 0.425. The van der Waals surface area contributed by atoms with Gasteiger partial charge in [0.15, 0.2) is 0 Å². The van der Waals surface area contributed by atoms with E-state index >= 15 is 0 Å². The molecule has 1 nitrogen and oxygen atoms in total. The molecule has 0 aliphatic carbocycles. The second kappa shape index (κ2) is 8.76. The Bertz CT molecular complexity index is 742. The first-order valence-electron chi connectivity index (χ1n) is 8.33. The molecule has 0 aliphatic heterocycles. The van der Waals surface area contributed by atoms with Crippen molar-refractivity contribution in [2.45, 2.75) is 6.54 Å². The van der Waals surface area contributed by atoms with Crippen LogP contribution in [0.15, 0.2) is 84.9 Å². The van der Waals surface area contributed by atoms with E-state index in [1.165, 1.54) is 21.5 Å². The minimum absolute atomic E-state index is 0. The van der Waals surface area contributed by atoms with Crippen molar-refractivity contribution in [1.82, 2.24) is 0 Å². The predicted molar refractivity (Wildman–Crippen MR) is 107 cm³/mol. The maximum Gasteiger partial charge on any atom is 0.104 e. The Morgan fingerprint density at radius 1 is 0.640 bits per heavy atom. The van der Waals surface area contributed by atoms with Crippen LogP contribution < -0.4 is 32.9 Å². The molecule has 0 radical (unpaired) electrons. The smallest absolute Gasteiger partial charge is 0.104 e. The molecule has 0 saturated heterocycles. The van der Waals surface area contributed by atoms with Gasteiger partial charge in [-0.3, -0.25) is 0 Å². The highest BCUT2D eigenvalue weighted by molar-refractivity contribution is 7.79. The van der Waals surface area contributed by atoms with Gasteiger partial charge in [0, 0.05) is 5.56 Å². The van der Waals surface area contributed by atoms with Gasteiger partial charge in [0.05, 0.1) is 21.1 Å². The van der Waals surface area contributed by atoms with Crippen molar-refractivity contribution in [3.63, 3.8) is 0 Å². The van der Waals surface area contributed by atoms with Crippen LogP contribution in [0.4, 0.5) is 0 Å².